The van der Waals surface area contributed by atoms with Crippen LogP contribution in [-0.4, -0.2) is 12.1 Å². The van der Waals surface area contributed by atoms with Gasteiger partial charge in [0.15, 0.2) is 0 Å². The normalized spacial score (nSPS) is 21.8. The molecule has 1 aromatic carbocycles. The molecule has 2 rings (SSSR count). The standard InChI is InChI=1S/C12H18N2.2C2H6/c13-10-5-4-8-12(9-10)14-11-6-2-1-3-7-11;2*1-2/h1-3,6-7,10,12,14H,4-5,8-9,13H2;2*1-2H3. The van der Waals surface area contributed by atoms with Crippen LogP contribution >= 0.6 is 0 Å². The number of benzene rings is 1. The van der Waals surface area contributed by atoms with Crippen LogP contribution in [-0.2, 0) is 0 Å². The summed E-state index contributed by atoms with van der Waals surface area (Å²) in [5, 5.41) is 3.53. The van der Waals surface area contributed by atoms with Crippen LogP contribution in [0.2, 0.25) is 0 Å². The Hall–Kier alpha value is -1.02. The molecular weight excluding hydrogens is 220 g/mol. The minimum Gasteiger partial charge on any atom is -0.382 e. The Morgan fingerprint density at radius 3 is 2.17 bits per heavy atom. The van der Waals surface area contributed by atoms with Gasteiger partial charge in [0, 0.05) is 17.8 Å². The number of anilines is 1. The summed E-state index contributed by atoms with van der Waals surface area (Å²) in [4.78, 5) is 0. The summed E-state index contributed by atoms with van der Waals surface area (Å²) in [5.41, 5.74) is 7.15. The van der Waals surface area contributed by atoms with E-state index < -0.39 is 0 Å². The number of nitrogens with two attached hydrogens (primary N) is 1. The van der Waals surface area contributed by atoms with Crippen molar-refractivity contribution in [2.75, 3.05) is 5.32 Å². The molecule has 2 unspecified atom stereocenters. The molecule has 0 bridgehead atoms. The Balaban J connectivity index is 0.000000659. The van der Waals surface area contributed by atoms with E-state index in [1.54, 1.807) is 0 Å². The number of hydrogen-bond donors (Lipinski definition) is 2. The quantitative estimate of drug-likeness (QED) is 0.815. The Morgan fingerprint density at radius 1 is 1.00 bits per heavy atom. The van der Waals surface area contributed by atoms with Crippen LogP contribution in [0, 0.1) is 0 Å². The van der Waals surface area contributed by atoms with Gasteiger partial charge in [-0.25, -0.2) is 0 Å². The average Bonchev–Trinajstić information content (AvgIpc) is 2.44. The first-order valence-corrected chi connectivity index (χ1v) is 7.42. The molecule has 0 saturated heterocycles. The molecule has 1 fully saturated rings. The first-order valence-electron chi connectivity index (χ1n) is 7.42. The minimum atomic E-state index is 0.393. The van der Waals surface area contributed by atoms with Gasteiger partial charge in [-0.15, -0.1) is 0 Å². The topological polar surface area (TPSA) is 38.0 Å². The van der Waals surface area contributed by atoms with Crippen molar-refractivity contribution in [3.63, 3.8) is 0 Å². The smallest absolute Gasteiger partial charge is 0.0342 e. The fraction of sp³-hybridized carbons (Fsp3) is 0.625. The van der Waals surface area contributed by atoms with Crippen molar-refractivity contribution < 1.29 is 0 Å². The predicted molar refractivity (Wildman–Crippen MR) is 83.0 cm³/mol. The maximum atomic E-state index is 5.94. The summed E-state index contributed by atoms with van der Waals surface area (Å²) in [6, 6.07) is 11.3. The number of rotatable bonds is 2. The Morgan fingerprint density at radius 2 is 1.61 bits per heavy atom. The van der Waals surface area contributed by atoms with E-state index in [-0.39, 0.29) is 0 Å². The first kappa shape index (κ1) is 17.0. The highest BCUT2D eigenvalue weighted by molar-refractivity contribution is 5.43. The Kier molecular flexibility index (Phi) is 10.5. The fourth-order valence-electron chi connectivity index (χ4n) is 2.13. The lowest BCUT2D eigenvalue weighted by molar-refractivity contribution is 0.409. The molecule has 0 aliphatic heterocycles. The highest BCUT2D eigenvalue weighted by Crippen LogP contribution is 2.20. The zero-order valence-electron chi connectivity index (χ0n) is 12.4. The van der Waals surface area contributed by atoms with Gasteiger partial charge in [0.25, 0.3) is 0 Å². The van der Waals surface area contributed by atoms with Gasteiger partial charge in [-0.3, -0.25) is 0 Å². The van der Waals surface area contributed by atoms with Crippen LogP contribution in [0.1, 0.15) is 53.4 Å². The summed E-state index contributed by atoms with van der Waals surface area (Å²) in [6.45, 7) is 8.00. The van der Waals surface area contributed by atoms with E-state index in [0.717, 1.165) is 6.42 Å². The summed E-state index contributed by atoms with van der Waals surface area (Å²) in [6.07, 6.45) is 4.80. The molecule has 0 amide bonds. The summed E-state index contributed by atoms with van der Waals surface area (Å²) in [5.74, 6) is 0. The van der Waals surface area contributed by atoms with Crippen LogP contribution in [0.5, 0.6) is 0 Å². The Labute approximate surface area is 113 Å². The van der Waals surface area contributed by atoms with Crippen molar-refractivity contribution in [1.82, 2.24) is 0 Å². The summed E-state index contributed by atoms with van der Waals surface area (Å²) in [7, 11) is 0. The molecule has 3 N–H and O–H groups in total. The third-order valence-corrected chi connectivity index (χ3v) is 2.86. The summed E-state index contributed by atoms with van der Waals surface area (Å²) < 4.78 is 0. The molecule has 0 spiro atoms. The lowest BCUT2D eigenvalue weighted by atomic mass is 9.91. The van der Waals surface area contributed by atoms with Crippen molar-refractivity contribution in [2.24, 2.45) is 5.73 Å². The molecule has 0 aromatic heterocycles. The van der Waals surface area contributed by atoms with E-state index in [0.29, 0.717) is 12.1 Å². The number of nitrogens with one attached hydrogen (secondary N) is 1. The van der Waals surface area contributed by atoms with Gasteiger partial charge >= 0.3 is 0 Å². The second kappa shape index (κ2) is 11.1. The lowest BCUT2D eigenvalue weighted by Gasteiger charge is -2.28. The van der Waals surface area contributed by atoms with Gasteiger partial charge in [0.1, 0.15) is 0 Å². The maximum absolute atomic E-state index is 5.94. The van der Waals surface area contributed by atoms with Crippen LogP contribution in [0.15, 0.2) is 30.3 Å². The average molecular weight is 250 g/mol. The van der Waals surface area contributed by atoms with Crippen molar-refractivity contribution in [3.05, 3.63) is 30.3 Å². The van der Waals surface area contributed by atoms with Gasteiger partial charge in [-0.05, 0) is 37.8 Å². The molecule has 2 heteroatoms. The molecule has 1 aliphatic rings. The minimum absolute atomic E-state index is 0.393. The molecule has 1 aromatic rings. The lowest BCUT2D eigenvalue weighted by Crippen LogP contribution is -2.34. The van der Waals surface area contributed by atoms with Gasteiger partial charge in [0.05, 0.1) is 0 Å². The van der Waals surface area contributed by atoms with E-state index >= 15 is 0 Å². The second-order valence-electron chi connectivity index (χ2n) is 4.13. The van der Waals surface area contributed by atoms with Gasteiger partial charge in [-0.2, -0.15) is 0 Å². The van der Waals surface area contributed by atoms with Crippen molar-refractivity contribution in [1.29, 1.82) is 0 Å². The number of para-hydroxylation sites is 1. The van der Waals surface area contributed by atoms with Gasteiger partial charge < -0.3 is 11.1 Å². The molecule has 18 heavy (non-hydrogen) atoms. The molecular formula is C16H30N2. The molecule has 0 radical (unpaired) electrons. The zero-order chi connectivity index (χ0) is 13.8. The SMILES string of the molecule is CC.CC.NC1CCCC(Nc2ccccc2)C1. The highest BCUT2D eigenvalue weighted by atomic mass is 14.9. The first-order chi connectivity index (χ1) is 8.84. The summed E-state index contributed by atoms with van der Waals surface area (Å²) >= 11 is 0. The maximum Gasteiger partial charge on any atom is 0.0342 e. The fourth-order valence-corrected chi connectivity index (χ4v) is 2.13. The zero-order valence-corrected chi connectivity index (χ0v) is 12.4. The van der Waals surface area contributed by atoms with E-state index in [1.165, 1.54) is 24.9 Å². The predicted octanol–water partition coefficient (Wildman–Crippen LogP) is 4.42. The third-order valence-electron chi connectivity index (χ3n) is 2.86. The largest absolute Gasteiger partial charge is 0.382 e. The molecule has 0 heterocycles. The number of hydrogen-bond acceptors (Lipinski definition) is 2. The van der Waals surface area contributed by atoms with E-state index in [1.807, 2.05) is 33.8 Å². The molecule has 1 aliphatic carbocycles. The van der Waals surface area contributed by atoms with E-state index in [4.69, 9.17) is 5.73 Å². The van der Waals surface area contributed by atoms with Crippen molar-refractivity contribution >= 4 is 5.69 Å². The van der Waals surface area contributed by atoms with Crippen LogP contribution in [0.25, 0.3) is 0 Å². The third kappa shape index (κ3) is 6.65. The van der Waals surface area contributed by atoms with Crippen LogP contribution in [0.4, 0.5) is 5.69 Å². The second-order valence-corrected chi connectivity index (χ2v) is 4.13. The van der Waals surface area contributed by atoms with Crippen molar-refractivity contribution in [3.8, 4) is 0 Å². The van der Waals surface area contributed by atoms with Crippen LogP contribution in [0.3, 0.4) is 0 Å². The monoisotopic (exact) mass is 250 g/mol. The van der Waals surface area contributed by atoms with E-state index in [2.05, 4.69) is 29.6 Å². The Bertz CT molecular complexity index is 272. The highest BCUT2D eigenvalue weighted by Gasteiger charge is 2.18. The molecule has 2 atom stereocenters. The molecule has 1 saturated carbocycles. The molecule has 104 valence electrons. The van der Waals surface area contributed by atoms with E-state index in [9.17, 15) is 0 Å². The van der Waals surface area contributed by atoms with Crippen molar-refractivity contribution in [2.45, 2.75) is 65.5 Å². The van der Waals surface area contributed by atoms with Gasteiger partial charge in [-0.1, -0.05) is 45.9 Å². The molecule has 2 nitrogen and oxygen atoms in total. The van der Waals surface area contributed by atoms with Gasteiger partial charge in [0.2, 0.25) is 0 Å². The van der Waals surface area contributed by atoms with Crippen LogP contribution < -0.4 is 11.1 Å².